The van der Waals surface area contributed by atoms with Crippen molar-refractivity contribution in [3.05, 3.63) is 35.9 Å². The van der Waals surface area contributed by atoms with Crippen LogP contribution in [0, 0.1) is 11.3 Å². The fourth-order valence-electron chi connectivity index (χ4n) is 0.963. The Morgan fingerprint density at radius 1 is 1.17 bits per heavy atom. The van der Waals surface area contributed by atoms with Crippen molar-refractivity contribution < 1.29 is 0 Å². The van der Waals surface area contributed by atoms with E-state index in [1.165, 1.54) is 0 Å². The highest BCUT2D eigenvalue weighted by Gasteiger charge is 2.13. The zero-order valence-corrected chi connectivity index (χ0v) is 6.64. The van der Waals surface area contributed by atoms with Crippen LogP contribution in [0.5, 0.6) is 0 Å². The molecule has 0 amide bonds. The van der Waals surface area contributed by atoms with Crippen LogP contribution < -0.4 is 11.5 Å². The maximum absolute atomic E-state index is 8.51. The van der Waals surface area contributed by atoms with Crippen LogP contribution in [-0.2, 0) is 0 Å². The Labute approximate surface area is 71.6 Å². The van der Waals surface area contributed by atoms with Crippen LogP contribution in [0.1, 0.15) is 11.6 Å². The molecule has 0 radical (unpaired) electrons. The Morgan fingerprint density at radius 3 is 2.25 bits per heavy atom. The van der Waals surface area contributed by atoms with E-state index >= 15 is 0 Å². The van der Waals surface area contributed by atoms with Gasteiger partial charge in [-0.15, -0.1) is 0 Å². The Balaban J connectivity index is 2.80. The van der Waals surface area contributed by atoms with Crippen molar-refractivity contribution in [3.8, 4) is 6.07 Å². The van der Waals surface area contributed by atoms with Crippen molar-refractivity contribution in [2.24, 2.45) is 11.5 Å². The predicted molar refractivity (Wildman–Crippen MR) is 47.0 cm³/mol. The van der Waals surface area contributed by atoms with Gasteiger partial charge in [0.1, 0.15) is 6.04 Å². The summed E-state index contributed by atoms with van der Waals surface area (Å²) in [5.74, 6) is 0. The van der Waals surface area contributed by atoms with E-state index < -0.39 is 12.1 Å². The third-order valence-electron chi connectivity index (χ3n) is 1.72. The number of nitrogens with two attached hydrogens (primary N) is 2. The third-order valence-corrected chi connectivity index (χ3v) is 1.72. The number of nitrogens with zero attached hydrogens (tertiary/aromatic N) is 1. The summed E-state index contributed by atoms with van der Waals surface area (Å²) in [7, 11) is 0. The van der Waals surface area contributed by atoms with Gasteiger partial charge in [-0.2, -0.15) is 5.26 Å². The highest BCUT2D eigenvalue weighted by molar-refractivity contribution is 5.21. The molecule has 2 unspecified atom stereocenters. The predicted octanol–water partition coefficient (Wildman–Crippen LogP) is 0.537. The quantitative estimate of drug-likeness (QED) is 0.664. The first kappa shape index (κ1) is 8.72. The second-order valence-corrected chi connectivity index (χ2v) is 2.59. The van der Waals surface area contributed by atoms with Gasteiger partial charge >= 0.3 is 0 Å². The van der Waals surface area contributed by atoms with E-state index in [9.17, 15) is 0 Å². The Hall–Kier alpha value is -1.37. The van der Waals surface area contributed by atoms with E-state index in [0.29, 0.717) is 0 Å². The lowest BCUT2D eigenvalue weighted by Gasteiger charge is -2.12. The number of nitriles is 1. The van der Waals surface area contributed by atoms with Gasteiger partial charge in [0.2, 0.25) is 0 Å². The summed E-state index contributed by atoms with van der Waals surface area (Å²) < 4.78 is 0. The SMILES string of the molecule is N#CC(N)C(N)c1ccccc1. The van der Waals surface area contributed by atoms with Crippen molar-refractivity contribution in [1.82, 2.24) is 0 Å². The second kappa shape index (κ2) is 3.86. The van der Waals surface area contributed by atoms with Gasteiger partial charge in [0.15, 0.2) is 0 Å². The summed E-state index contributed by atoms with van der Waals surface area (Å²) in [6.45, 7) is 0. The van der Waals surface area contributed by atoms with Crippen LogP contribution in [-0.4, -0.2) is 6.04 Å². The topological polar surface area (TPSA) is 75.8 Å². The average Bonchev–Trinajstić information content (AvgIpc) is 2.17. The smallest absolute Gasteiger partial charge is 0.112 e. The molecule has 2 atom stereocenters. The summed E-state index contributed by atoms with van der Waals surface area (Å²) >= 11 is 0. The number of benzene rings is 1. The molecule has 0 fully saturated rings. The fourth-order valence-corrected chi connectivity index (χ4v) is 0.963. The maximum atomic E-state index is 8.51. The first-order valence-electron chi connectivity index (χ1n) is 3.71. The Kier molecular flexibility index (Phi) is 2.81. The third kappa shape index (κ3) is 1.82. The molecule has 1 rings (SSSR count). The molecule has 0 saturated carbocycles. The Bertz CT molecular complexity index is 276. The number of rotatable bonds is 2. The summed E-state index contributed by atoms with van der Waals surface area (Å²) in [5, 5.41) is 8.51. The van der Waals surface area contributed by atoms with Crippen molar-refractivity contribution in [1.29, 1.82) is 5.26 Å². The van der Waals surface area contributed by atoms with Crippen LogP contribution in [0.2, 0.25) is 0 Å². The normalized spacial score (nSPS) is 14.8. The molecule has 0 aliphatic carbocycles. The minimum absolute atomic E-state index is 0.392. The lowest BCUT2D eigenvalue weighted by molar-refractivity contribution is 0.645. The molecule has 3 heteroatoms. The van der Waals surface area contributed by atoms with Crippen molar-refractivity contribution in [3.63, 3.8) is 0 Å². The monoisotopic (exact) mass is 161 g/mol. The second-order valence-electron chi connectivity index (χ2n) is 2.59. The van der Waals surface area contributed by atoms with E-state index in [4.69, 9.17) is 16.7 Å². The van der Waals surface area contributed by atoms with Crippen LogP contribution in [0.4, 0.5) is 0 Å². The lowest BCUT2D eigenvalue weighted by atomic mass is 10.0. The van der Waals surface area contributed by atoms with E-state index in [0.717, 1.165) is 5.56 Å². The minimum atomic E-state index is -0.632. The first-order valence-corrected chi connectivity index (χ1v) is 3.71. The molecule has 12 heavy (non-hydrogen) atoms. The largest absolute Gasteiger partial charge is 0.322 e. The molecule has 0 heterocycles. The molecule has 0 spiro atoms. The summed E-state index contributed by atoms with van der Waals surface area (Å²) in [6.07, 6.45) is 0. The van der Waals surface area contributed by atoms with Gasteiger partial charge < -0.3 is 11.5 Å². The Morgan fingerprint density at radius 2 is 1.75 bits per heavy atom. The first-order chi connectivity index (χ1) is 5.75. The van der Waals surface area contributed by atoms with Gasteiger partial charge in [-0.3, -0.25) is 0 Å². The highest BCUT2D eigenvalue weighted by atomic mass is 14.8. The fraction of sp³-hybridized carbons (Fsp3) is 0.222. The maximum Gasteiger partial charge on any atom is 0.112 e. The summed E-state index contributed by atoms with van der Waals surface area (Å²) in [4.78, 5) is 0. The van der Waals surface area contributed by atoms with E-state index in [-0.39, 0.29) is 0 Å². The molecular formula is C9H11N3. The molecule has 0 aliphatic heterocycles. The van der Waals surface area contributed by atoms with Crippen LogP contribution in [0.15, 0.2) is 30.3 Å². The molecule has 1 aromatic carbocycles. The van der Waals surface area contributed by atoms with E-state index in [1.54, 1.807) is 0 Å². The van der Waals surface area contributed by atoms with Gasteiger partial charge in [0.05, 0.1) is 12.1 Å². The van der Waals surface area contributed by atoms with Crippen LogP contribution in [0.25, 0.3) is 0 Å². The summed E-state index contributed by atoms with van der Waals surface area (Å²) in [6, 6.07) is 10.3. The minimum Gasteiger partial charge on any atom is -0.322 e. The average molecular weight is 161 g/mol. The molecule has 0 aliphatic rings. The van der Waals surface area contributed by atoms with E-state index in [2.05, 4.69) is 0 Å². The molecule has 0 bridgehead atoms. The lowest BCUT2D eigenvalue weighted by Crippen LogP contribution is -2.32. The molecule has 0 aromatic heterocycles. The van der Waals surface area contributed by atoms with Gasteiger partial charge in [0, 0.05) is 0 Å². The van der Waals surface area contributed by atoms with Gasteiger partial charge in [0.25, 0.3) is 0 Å². The molecule has 1 aromatic rings. The molecule has 62 valence electrons. The van der Waals surface area contributed by atoms with Crippen molar-refractivity contribution in [2.45, 2.75) is 12.1 Å². The van der Waals surface area contributed by atoms with Crippen molar-refractivity contribution >= 4 is 0 Å². The zero-order chi connectivity index (χ0) is 8.97. The summed E-state index contributed by atoms with van der Waals surface area (Å²) in [5.41, 5.74) is 12.1. The molecule has 0 saturated heterocycles. The molecule has 3 nitrogen and oxygen atoms in total. The number of hydrogen-bond donors (Lipinski definition) is 2. The van der Waals surface area contributed by atoms with E-state index in [1.807, 2.05) is 36.4 Å². The zero-order valence-electron chi connectivity index (χ0n) is 6.64. The highest BCUT2D eigenvalue weighted by Crippen LogP contribution is 2.11. The van der Waals surface area contributed by atoms with Crippen LogP contribution in [0.3, 0.4) is 0 Å². The standard InChI is InChI=1S/C9H11N3/c10-6-8(11)9(12)7-4-2-1-3-5-7/h1-5,8-9H,11-12H2. The molecule has 4 N–H and O–H groups in total. The number of hydrogen-bond acceptors (Lipinski definition) is 3. The molecular weight excluding hydrogens is 150 g/mol. The van der Waals surface area contributed by atoms with Crippen molar-refractivity contribution in [2.75, 3.05) is 0 Å². The van der Waals surface area contributed by atoms with Gasteiger partial charge in [-0.25, -0.2) is 0 Å². The van der Waals surface area contributed by atoms with Crippen LogP contribution >= 0.6 is 0 Å². The van der Waals surface area contributed by atoms with Gasteiger partial charge in [-0.05, 0) is 5.56 Å². The van der Waals surface area contributed by atoms with Gasteiger partial charge in [-0.1, -0.05) is 30.3 Å².